The molecule has 2 amide bonds. The molecule has 0 bridgehead atoms. The van der Waals surface area contributed by atoms with Gasteiger partial charge >= 0.3 is 0 Å². The van der Waals surface area contributed by atoms with E-state index in [4.69, 9.17) is 4.74 Å². The Morgan fingerprint density at radius 2 is 1.80 bits per heavy atom. The highest BCUT2D eigenvalue weighted by molar-refractivity contribution is 7.90. The third-order valence-electron chi connectivity index (χ3n) is 4.27. The van der Waals surface area contributed by atoms with Crippen molar-refractivity contribution < 1.29 is 22.7 Å². The molecule has 0 spiro atoms. The van der Waals surface area contributed by atoms with Crippen LogP contribution in [0.25, 0.3) is 0 Å². The van der Waals surface area contributed by atoms with Crippen LogP contribution in [0.5, 0.6) is 5.75 Å². The van der Waals surface area contributed by atoms with Crippen molar-refractivity contribution in [2.75, 3.05) is 32.6 Å². The molecule has 30 heavy (non-hydrogen) atoms. The summed E-state index contributed by atoms with van der Waals surface area (Å²) in [5.74, 6) is 0.347. The Labute approximate surface area is 174 Å². The molecule has 2 aromatic carbocycles. The van der Waals surface area contributed by atoms with Crippen LogP contribution < -0.4 is 14.8 Å². The normalized spacial score (nSPS) is 15.2. The summed E-state index contributed by atoms with van der Waals surface area (Å²) in [4.78, 5) is 29.5. The molecule has 0 aliphatic carbocycles. The number of likely N-dealkylation sites (N-methyl/N-ethyl adjacent to an activating group) is 1. The van der Waals surface area contributed by atoms with Crippen LogP contribution in [0.15, 0.2) is 58.4 Å². The number of fused-ring (bicyclic) bond motifs is 1. The van der Waals surface area contributed by atoms with Gasteiger partial charge in [0.15, 0.2) is 6.61 Å². The SMILES string of the molecule is CN(C)C(=O)COc1ccc(NC(=O)CCN=C2NS(=O)(=O)c3ccccc32)cc1. The summed E-state index contributed by atoms with van der Waals surface area (Å²) >= 11 is 0. The van der Waals surface area contributed by atoms with Crippen LogP contribution in [0, 0.1) is 0 Å². The highest BCUT2D eigenvalue weighted by atomic mass is 32.2. The number of sulfonamides is 1. The van der Waals surface area contributed by atoms with Gasteiger partial charge in [0, 0.05) is 31.8 Å². The van der Waals surface area contributed by atoms with E-state index in [0.717, 1.165) is 0 Å². The molecule has 0 atom stereocenters. The first-order valence-corrected chi connectivity index (χ1v) is 10.6. The Balaban J connectivity index is 1.51. The smallest absolute Gasteiger partial charge is 0.263 e. The summed E-state index contributed by atoms with van der Waals surface area (Å²) in [6.07, 6.45) is 0.0863. The number of carbonyl (C=O) groups excluding carboxylic acids is 2. The molecule has 1 heterocycles. The van der Waals surface area contributed by atoms with Gasteiger partial charge in [0.25, 0.3) is 15.9 Å². The number of hydrogen-bond acceptors (Lipinski definition) is 6. The van der Waals surface area contributed by atoms with Crippen molar-refractivity contribution in [3.8, 4) is 5.75 Å². The first kappa shape index (κ1) is 21.3. The summed E-state index contributed by atoms with van der Waals surface area (Å²) in [5, 5.41) is 2.74. The maximum Gasteiger partial charge on any atom is 0.263 e. The Kier molecular flexibility index (Phi) is 6.36. The first-order valence-electron chi connectivity index (χ1n) is 9.16. The van der Waals surface area contributed by atoms with E-state index < -0.39 is 10.0 Å². The number of ether oxygens (including phenoxy) is 1. The Morgan fingerprint density at radius 3 is 2.50 bits per heavy atom. The van der Waals surface area contributed by atoms with Gasteiger partial charge in [0.2, 0.25) is 5.91 Å². The molecule has 9 nitrogen and oxygen atoms in total. The van der Waals surface area contributed by atoms with E-state index in [1.807, 2.05) is 0 Å². The molecule has 0 fully saturated rings. The number of nitrogens with one attached hydrogen (secondary N) is 2. The lowest BCUT2D eigenvalue weighted by Gasteiger charge is -2.11. The standard InChI is InChI=1S/C20H22N4O5S/c1-24(2)19(26)13-29-15-9-7-14(8-10-15)22-18(25)11-12-21-20-16-5-3-4-6-17(16)30(27,28)23-20/h3-10H,11-13H2,1-2H3,(H,21,23)(H,22,25). The van der Waals surface area contributed by atoms with Crippen LogP contribution in [0.4, 0.5) is 5.69 Å². The van der Waals surface area contributed by atoms with Crippen molar-refractivity contribution in [2.45, 2.75) is 11.3 Å². The molecule has 0 radical (unpaired) electrons. The van der Waals surface area contributed by atoms with Gasteiger partial charge in [-0.3, -0.25) is 19.3 Å². The zero-order valence-electron chi connectivity index (χ0n) is 16.6. The van der Waals surface area contributed by atoms with E-state index in [0.29, 0.717) is 17.0 Å². The van der Waals surface area contributed by atoms with Crippen LogP contribution in [0.2, 0.25) is 0 Å². The minimum Gasteiger partial charge on any atom is -0.484 e. The van der Waals surface area contributed by atoms with Crippen LogP contribution in [0.1, 0.15) is 12.0 Å². The molecule has 158 valence electrons. The average Bonchev–Trinajstić information content (AvgIpc) is 2.97. The largest absolute Gasteiger partial charge is 0.484 e. The third-order valence-corrected chi connectivity index (χ3v) is 5.67. The molecule has 10 heteroatoms. The fraction of sp³-hybridized carbons (Fsp3) is 0.250. The van der Waals surface area contributed by atoms with Crippen molar-refractivity contribution in [1.29, 1.82) is 0 Å². The van der Waals surface area contributed by atoms with Crippen molar-refractivity contribution in [1.82, 2.24) is 9.62 Å². The quantitative estimate of drug-likeness (QED) is 0.685. The lowest BCUT2D eigenvalue weighted by atomic mass is 10.2. The summed E-state index contributed by atoms with van der Waals surface area (Å²) in [6, 6.07) is 13.2. The van der Waals surface area contributed by atoms with Gasteiger partial charge in [0.05, 0.1) is 11.4 Å². The van der Waals surface area contributed by atoms with Gasteiger partial charge in [-0.1, -0.05) is 12.1 Å². The third kappa shape index (κ3) is 5.15. The molecule has 1 aliphatic heterocycles. The van der Waals surface area contributed by atoms with Gasteiger partial charge in [0.1, 0.15) is 11.6 Å². The van der Waals surface area contributed by atoms with Gasteiger partial charge in [-0.15, -0.1) is 0 Å². The van der Waals surface area contributed by atoms with E-state index in [1.165, 1.54) is 11.0 Å². The Morgan fingerprint density at radius 1 is 1.10 bits per heavy atom. The summed E-state index contributed by atoms with van der Waals surface area (Å²) in [7, 11) is -0.293. The number of amides is 2. The van der Waals surface area contributed by atoms with E-state index in [9.17, 15) is 18.0 Å². The second kappa shape index (κ2) is 8.95. The van der Waals surface area contributed by atoms with E-state index >= 15 is 0 Å². The fourth-order valence-electron chi connectivity index (χ4n) is 2.65. The molecule has 2 N–H and O–H groups in total. The lowest BCUT2D eigenvalue weighted by molar-refractivity contribution is -0.130. The predicted octanol–water partition coefficient (Wildman–Crippen LogP) is 1.22. The molecular formula is C20H22N4O5S. The number of benzene rings is 2. The van der Waals surface area contributed by atoms with Gasteiger partial charge < -0.3 is 15.0 Å². The van der Waals surface area contributed by atoms with E-state index in [-0.39, 0.29) is 42.1 Å². The van der Waals surface area contributed by atoms with Crippen LogP contribution in [-0.4, -0.2) is 58.2 Å². The number of amidine groups is 1. The first-order chi connectivity index (χ1) is 14.3. The minimum absolute atomic E-state index is 0.0636. The number of nitrogens with zero attached hydrogens (tertiary/aromatic N) is 2. The van der Waals surface area contributed by atoms with Crippen LogP contribution in [0.3, 0.4) is 0 Å². The van der Waals surface area contributed by atoms with Gasteiger partial charge in [-0.25, -0.2) is 8.42 Å². The van der Waals surface area contributed by atoms with Crippen LogP contribution in [-0.2, 0) is 19.6 Å². The average molecular weight is 430 g/mol. The summed E-state index contributed by atoms with van der Waals surface area (Å²) in [5.41, 5.74) is 1.08. The highest BCUT2D eigenvalue weighted by Gasteiger charge is 2.29. The monoisotopic (exact) mass is 430 g/mol. The van der Waals surface area contributed by atoms with E-state index in [2.05, 4.69) is 15.0 Å². The molecule has 0 saturated heterocycles. The van der Waals surface area contributed by atoms with Crippen molar-refractivity contribution >= 4 is 33.4 Å². The molecule has 1 aliphatic rings. The number of anilines is 1. The predicted molar refractivity (Wildman–Crippen MR) is 112 cm³/mol. The molecule has 3 rings (SSSR count). The number of rotatable bonds is 7. The molecule has 0 unspecified atom stereocenters. The summed E-state index contributed by atoms with van der Waals surface area (Å²) in [6.45, 7) is 0.0673. The number of hydrogen-bond donors (Lipinski definition) is 2. The molecule has 0 aromatic heterocycles. The lowest BCUT2D eigenvalue weighted by Crippen LogP contribution is -2.27. The highest BCUT2D eigenvalue weighted by Crippen LogP contribution is 2.22. The fourth-order valence-corrected chi connectivity index (χ4v) is 3.90. The maximum absolute atomic E-state index is 12.1. The number of carbonyl (C=O) groups is 2. The molecular weight excluding hydrogens is 408 g/mol. The zero-order chi connectivity index (χ0) is 21.7. The van der Waals surface area contributed by atoms with Gasteiger partial charge in [-0.05, 0) is 36.4 Å². The number of aliphatic imine (C=N–C) groups is 1. The molecule has 0 saturated carbocycles. The maximum atomic E-state index is 12.1. The van der Waals surface area contributed by atoms with Crippen LogP contribution >= 0.6 is 0 Å². The Hall–Kier alpha value is -3.40. The topological polar surface area (TPSA) is 117 Å². The van der Waals surface area contributed by atoms with Crippen molar-refractivity contribution in [3.63, 3.8) is 0 Å². The van der Waals surface area contributed by atoms with Gasteiger partial charge in [-0.2, -0.15) is 0 Å². The Bertz CT molecular complexity index is 1080. The minimum atomic E-state index is -3.59. The van der Waals surface area contributed by atoms with Crippen molar-refractivity contribution in [2.24, 2.45) is 4.99 Å². The van der Waals surface area contributed by atoms with E-state index in [1.54, 1.807) is 56.6 Å². The van der Waals surface area contributed by atoms with Crippen molar-refractivity contribution in [3.05, 3.63) is 54.1 Å². The second-order valence-electron chi connectivity index (χ2n) is 6.73. The second-order valence-corrected chi connectivity index (χ2v) is 8.38. The zero-order valence-corrected chi connectivity index (χ0v) is 17.4. The summed E-state index contributed by atoms with van der Waals surface area (Å²) < 4.78 is 31.9. The molecule has 2 aromatic rings.